The second-order valence-electron chi connectivity index (χ2n) is 2.67. The third kappa shape index (κ3) is 9.08. The molecule has 0 bridgehead atoms. The molecule has 0 heterocycles. The summed E-state index contributed by atoms with van der Waals surface area (Å²) >= 11 is 0. The molecule has 0 aliphatic heterocycles. The molecule has 0 aliphatic carbocycles. The molecule has 0 aromatic carbocycles. The summed E-state index contributed by atoms with van der Waals surface area (Å²) in [5.74, 6) is 0. The van der Waals surface area contributed by atoms with Crippen molar-refractivity contribution in [1.29, 1.82) is 0 Å². The number of unbranched alkanes of at least 4 members (excludes halogenated alkanes) is 4. The van der Waals surface area contributed by atoms with E-state index in [1.54, 1.807) is 0 Å². The zero-order chi connectivity index (χ0) is 9.07. The largest absolute Gasteiger partial charge is 0.303 e. The minimum Gasteiger partial charge on any atom is -0.303 e. The van der Waals surface area contributed by atoms with Crippen LogP contribution in [-0.2, 0) is 9.59 Å². The Kier molecular flexibility index (Phi) is 9.31. The molecule has 0 spiro atoms. The van der Waals surface area contributed by atoms with Gasteiger partial charge >= 0.3 is 0 Å². The average Bonchev–Trinajstić information content (AvgIpc) is 2.10. The van der Waals surface area contributed by atoms with Crippen LogP contribution in [0.2, 0.25) is 0 Å². The highest BCUT2D eigenvalue weighted by atomic mass is 16.1. The quantitative estimate of drug-likeness (QED) is 0.316. The van der Waals surface area contributed by atoms with Crippen LogP contribution in [0.5, 0.6) is 0 Å². The molecule has 0 amide bonds. The van der Waals surface area contributed by atoms with Crippen molar-refractivity contribution in [1.82, 2.24) is 0 Å². The zero-order valence-electron chi connectivity index (χ0n) is 7.37. The maximum Gasteiger partial charge on any atom is 0.120 e. The van der Waals surface area contributed by atoms with Gasteiger partial charge in [0, 0.05) is 12.8 Å². The first-order chi connectivity index (χ1) is 5.91. The SMILES string of the molecule is O=CCC/C=C\CCCCC=O. The normalized spacial score (nSPS) is 10.3. The van der Waals surface area contributed by atoms with E-state index in [1.165, 1.54) is 0 Å². The van der Waals surface area contributed by atoms with Crippen LogP contribution in [-0.4, -0.2) is 12.6 Å². The van der Waals surface area contributed by atoms with Crippen molar-refractivity contribution in [2.45, 2.75) is 38.5 Å². The van der Waals surface area contributed by atoms with Gasteiger partial charge in [0.05, 0.1) is 0 Å². The Morgan fingerprint density at radius 3 is 1.92 bits per heavy atom. The second kappa shape index (κ2) is 10.1. The van der Waals surface area contributed by atoms with Crippen LogP contribution < -0.4 is 0 Å². The van der Waals surface area contributed by atoms with Gasteiger partial charge in [-0.3, -0.25) is 0 Å². The van der Waals surface area contributed by atoms with Crippen molar-refractivity contribution in [3.8, 4) is 0 Å². The maximum absolute atomic E-state index is 9.92. The highest BCUT2D eigenvalue weighted by Gasteiger charge is 1.84. The molecule has 68 valence electrons. The van der Waals surface area contributed by atoms with E-state index in [4.69, 9.17) is 0 Å². The standard InChI is InChI=1S/C10H16O2/c11-9-7-5-3-1-2-4-6-8-10-12/h1,3,9-10H,2,4-8H2/b3-1-. The molecule has 2 nitrogen and oxygen atoms in total. The summed E-state index contributed by atoms with van der Waals surface area (Å²) in [6.45, 7) is 0. The van der Waals surface area contributed by atoms with Gasteiger partial charge in [-0.15, -0.1) is 0 Å². The maximum atomic E-state index is 9.92. The summed E-state index contributed by atoms with van der Waals surface area (Å²) in [6, 6.07) is 0. The number of rotatable bonds is 8. The van der Waals surface area contributed by atoms with Gasteiger partial charge in [-0.25, -0.2) is 0 Å². The Morgan fingerprint density at radius 1 is 0.667 bits per heavy atom. The van der Waals surface area contributed by atoms with E-state index in [2.05, 4.69) is 6.08 Å². The van der Waals surface area contributed by atoms with Crippen LogP contribution >= 0.6 is 0 Å². The van der Waals surface area contributed by atoms with Gasteiger partial charge in [0.15, 0.2) is 0 Å². The van der Waals surface area contributed by atoms with Crippen molar-refractivity contribution < 1.29 is 9.59 Å². The second-order valence-corrected chi connectivity index (χ2v) is 2.67. The molecular formula is C10H16O2. The van der Waals surface area contributed by atoms with E-state index in [-0.39, 0.29) is 0 Å². The molecule has 0 saturated heterocycles. The van der Waals surface area contributed by atoms with Gasteiger partial charge in [-0.05, 0) is 25.7 Å². The lowest BCUT2D eigenvalue weighted by atomic mass is 10.2. The highest BCUT2D eigenvalue weighted by Crippen LogP contribution is 1.99. The minimum atomic E-state index is 0.616. The van der Waals surface area contributed by atoms with Crippen LogP contribution in [0.15, 0.2) is 12.2 Å². The van der Waals surface area contributed by atoms with Crippen LogP contribution in [0.1, 0.15) is 38.5 Å². The third-order valence-corrected chi connectivity index (χ3v) is 1.56. The summed E-state index contributed by atoms with van der Waals surface area (Å²) in [5, 5.41) is 0. The van der Waals surface area contributed by atoms with Crippen molar-refractivity contribution in [2.24, 2.45) is 0 Å². The number of hydrogen-bond donors (Lipinski definition) is 0. The van der Waals surface area contributed by atoms with Gasteiger partial charge in [0.1, 0.15) is 12.6 Å². The predicted molar refractivity (Wildman–Crippen MR) is 49.0 cm³/mol. The Balaban J connectivity index is 3.01. The Labute approximate surface area is 73.7 Å². The minimum absolute atomic E-state index is 0.616. The van der Waals surface area contributed by atoms with Crippen molar-refractivity contribution >= 4 is 12.6 Å². The lowest BCUT2D eigenvalue weighted by Gasteiger charge is -1.90. The monoisotopic (exact) mass is 168 g/mol. The highest BCUT2D eigenvalue weighted by molar-refractivity contribution is 5.49. The first-order valence-electron chi connectivity index (χ1n) is 4.44. The molecule has 0 radical (unpaired) electrons. The summed E-state index contributed by atoms with van der Waals surface area (Å²) in [5.41, 5.74) is 0. The molecule has 0 atom stereocenters. The van der Waals surface area contributed by atoms with Crippen LogP contribution in [0.4, 0.5) is 0 Å². The molecule has 0 aromatic heterocycles. The van der Waals surface area contributed by atoms with Gasteiger partial charge in [-0.2, -0.15) is 0 Å². The van der Waals surface area contributed by atoms with Gasteiger partial charge < -0.3 is 9.59 Å². The van der Waals surface area contributed by atoms with E-state index in [0.29, 0.717) is 12.8 Å². The lowest BCUT2D eigenvalue weighted by Crippen LogP contribution is -1.76. The van der Waals surface area contributed by atoms with Crippen molar-refractivity contribution in [3.05, 3.63) is 12.2 Å². The Bertz CT molecular complexity index is 139. The first-order valence-corrected chi connectivity index (χ1v) is 4.44. The molecule has 0 aliphatic rings. The number of hydrogen-bond acceptors (Lipinski definition) is 2. The number of carbonyl (C=O) groups is 2. The fraction of sp³-hybridized carbons (Fsp3) is 0.600. The van der Waals surface area contributed by atoms with Crippen LogP contribution in [0.3, 0.4) is 0 Å². The van der Waals surface area contributed by atoms with E-state index >= 15 is 0 Å². The fourth-order valence-electron chi connectivity index (χ4n) is 0.890. The smallest absolute Gasteiger partial charge is 0.120 e. The molecule has 0 aromatic rings. The van der Waals surface area contributed by atoms with Crippen LogP contribution in [0.25, 0.3) is 0 Å². The van der Waals surface area contributed by atoms with Crippen molar-refractivity contribution in [2.75, 3.05) is 0 Å². The summed E-state index contributed by atoms with van der Waals surface area (Å²) in [4.78, 5) is 19.8. The number of aldehydes is 2. The van der Waals surface area contributed by atoms with E-state index < -0.39 is 0 Å². The number of allylic oxidation sites excluding steroid dienone is 2. The van der Waals surface area contributed by atoms with Gasteiger partial charge in [0.2, 0.25) is 0 Å². The van der Waals surface area contributed by atoms with Crippen molar-refractivity contribution in [3.63, 3.8) is 0 Å². The average molecular weight is 168 g/mol. The summed E-state index contributed by atoms with van der Waals surface area (Å²) in [6.07, 6.45) is 11.2. The van der Waals surface area contributed by atoms with Gasteiger partial charge in [0.25, 0.3) is 0 Å². The topological polar surface area (TPSA) is 34.1 Å². The zero-order valence-corrected chi connectivity index (χ0v) is 7.37. The van der Waals surface area contributed by atoms with Gasteiger partial charge in [-0.1, -0.05) is 12.2 Å². The molecule has 2 heteroatoms. The summed E-state index contributed by atoms with van der Waals surface area (Å²) in [7, 11) is 0. The lowest BCUT2D eigenvalue weighted by molar-refractivity contribution is -0.108. The fourth-order valence-corrected chi connectivity index (χ4v) is 0.890. The third-order valence-electron chi connectivity index (χ3n) is 1.56. The molecular weight excluding hydrogens is 152 g/mol. The van der Waals surface area contributed by atoms with E-state index in [0.717, 1.165) is 38.3 Å². The molecule has 0 N–H and O–H groups in total. The predicted octanol–water partition coefficient (Wildman–Crippen LogP) is 2.28. The first kappa shape index (κ1) is 11.1. The molecule has 12 heavy (non-hydrogen) atoms. The Hall–Kier alpha value is -0.920. The Morgan fingerprint density at radius 2 is 1.25 bits per heavy atom. The van der Waals surface area contributed by atoms with E-state index in [1.807, 2.05) is 6.08 Å². The number of carbonyl (C=O) groups excluding carboxylic acids is 2. The molecule has 0 rings (SSSR count). The molecule has 0 saturated carbocycles. The van der Waals surface area contributed by atoms with Crippen LogP contribution in [0, 0.1) is 0 Å². The summed E-state index contributed by atoms with van der Waals surface area (Å²) < 4.78 is 0. The molecule has 0 unspecified atom stereocenters. The van der Waals surface area contributed by atoms with E-state index in [9.17, 15) is 9.59 Å². The molecule has 0 fully saturated rings.